The smallest absolute Gasteiger partial charge is 0.00958 e. The Morgan fingerprint density at radius 3 is 2.42 bits per heavy atom. The molecule has 0 radical (unpaired) electrons. The molecule has 112 valence electrons. The zero-order valence-electron chi connectivity index (χ0n) is 13.0. The van der Waals surface area contributed by atoms with Gasteiger partial charge in [0.15, 0.2) is 0 Å². The van der Waals surface area contributed by atoms with Gasteiger partial charge in [-0.15, -0.1) is 0 Å². The van der Waals surface area contributed by atoms with Crippen LogP contribution in [-0.2, 0) is 0 Å². The van der Waals surface area contributed by atoms with Crippen molar-refractivity contribution in [1.29, 1.82) is 0 Å². The van der Waals surface area contributed by atoms with Crippen LogP contribution in [-0.4, -0.2) is 37.1 Å². The van der Waals surface area contributed by atoms with Gasteiger partial charge in [-0.3, -0.25) is 0 Å². The minimum Gasteiger partial charge on any atom is -0.314 e. The second-order valence-corrected chi connectivity index (χ2v) is 6.65. The lowest BCUT2D eigenvalue weighted by molar-refractivity contribution is 0.222. The lowest BCUT2D eigenvalue weighted by Crippen LogP contribution is -2.36. The zero-order chi connectivity index (χ0) is 13.3. The molecule has 19 heavy (non-hydrogen) atoms. The first-order valence-corrected chi connectivity index (χ1v) is 8.86. The summed E-state index contributed by atoms with van der Waals surface area (Å²) in [7, 11) is 0. The van der Waals surface area contributed by atoms with Crippen LogP contribution in [0.25, 0.3) is 0 Å². The Labute approximate surface area is 120 Å². The number of likely N-dealkylation sites (tertiary alicyclic amines) is 1. The minimum absolute atomic E-state index is 0.828. The van der Waals surface area contributed by atoms with Gasteiger partial charge in [0.05, 0.1) is 0 Å². The van der Waals surface area contributed by atoms with Crippen molar-refractivity contribution in [3.8, 4) is 0 Å². The van der Waals surface area contributed by atoms with Crippen molar-refractivity contribution in [3.63, 3.8) is 0 Å². The molecule has 0 aromatic rings. The monoisotopic (exact) mass is 266 g/mol. The number of nitrogens with zero attached hydrogens (tertiary/aromatic N) is 1. The molecule has 0 bridgehead atoms. The van der Waals surface area contributed by atoms with Gasteiger partial charge in [-0.05, 0) is 70.6 Å². The van der Waals surface area contributed by atoms with Gasteiger partial charge >= 0.3 is 0 Å². The summed E-state index contributed by atoms with van der Waals surface area (Å²) in [5.74, 6) is 0.956. The number of hydrogen-bond acceptors (Lipinski definition) is 2. The molecule has 1 saturated heterocycles. The molecular formula is C17H34N2. The van der Waals surface area contributed by atoms with E-state index in [1.54, 1.807) is 0 Å². The Hall–Kier alpha value is -0.0800. The highest BCUT2D eigenvalue weighted by molar-refractivity contribution is 4.83. The van der Waals surface area contributed by atoms with E-state index in [1.165, 1.54) is 90.4 Å². The average Bonchev–Trinajstić information content (AvgIpc) is 2.82. The van der Waals surface area contributed by atoms with Crippen molar-refractivity contribution in [1.82, 2.24) is 10.2 Å². The van der Waals surface area contributed by atoms with E-state index >= 15 is 0 Å². The van der Waals surface area contributed by atoms with Crippen LogP contribution >= 0.6 is 0 Å². The van der Waals surface area contributed by atoms with E-state index in [4.69, 9.17) is 0 Å². The van der Waals surface area contributed by atoms with Crippen molar-refractivity contribution in [2.24, 2.45) is 5.92 Å². The van der Waals surface area contributed by atoms with Gasteiger partial charge in [-0.2, -0.15) is 0 Å². The Morgan fingerprint density at radius 1 is 0.947 bits per heavy atom. The summed E-state index contributed by atoms with van der Waals surface area (Å²) in [6.45, 7) is 7.57. The third-order valence-electron chi connectivity index (χ3n) is 5.08. The maximum absolute atomic E-state index is 3.77. The van der Waals surface area contributed by atoms with E-state index in [0.29, 0.717) is 0 Å². The number of rotatable bonds is 6. The van der Waals surface area contributed by atoms with Gasteiger partial charge in [0, 0.05) is 6.04 Å². The normalized spacial score (nSPS) is 30.2. The van der Waals surface area contributed by atoms with E-state index in [9.17, 15) is 0 Å². The summed E-state index contributed by atoms with van der Waals surface area (Å²) in [6, 6.07) is 0.828. The second kappa shape index (κ2) is 8.97. The van der Waals surface area contributed by atoms with Crippen LogP contribution < -0.4 is 5.32 Å². The molecule has 0 aromatic carbocycles. The van der Waals surface area contributed by atoms with Crippen LogP contribution in [0.1, 0.15) is 71.1 Å². The van der Waals surface area contributed by atoms with Gasteiger partial charge in [0.2, 0.25) is 0 Å². The van der Waals surface area contributed by atoms with Crippen molar-refractivity contribution in [2.45, 2.75) is 77.2 Å². The van der Waals surface area contributed by atoms with E-state index in [-0.39, 0.29) is 0 Å². The third-order valence-corrected chi connectivity index (χ3v) is 5.08. The highest BCUT2D eigenvalue weighted by Crippen LogP contribution is 2.28. The molecule has 0 aromatic heterocycles. The molecule has 1 saturated carbocycles. The topological polar surface area (TPSA) is 15.3 Å². The summed E-state index contributed by atoms with van der Waals surface area (Å²) in [4.78, 5) is 2.74. The minimum atomic E-state index is 0.828. The SMILES string of the molecule is CCCNC1CCCC1CCN1CCCCCCC1. The zero-order valence-corrected chi connectivity index (χ0v) is 13.0. The van der Waals surface area contributed by atoms with Gasteiger partial charge in [0.25, 0.3) is 0 Å². The van der Waals surface area contributed by atoms with Crippen molar-refractivity contribution >= 4 is 0 Å². The molecule has 1 N–H and O–H groups in total. The highest BCUT2D eigenvalue weighted by atomic mass is 15.1. The first-order chi connectivity index (χ1) is 9.40. The summed E-state index contributed by atoms with van der Waals surface area (Å²) >= 11 is 0. The molecule has 2 rings (SSSR count). The summed E-state index contributed by atoms with van der Waals surface area (Å²) < 4.78 is 0. The standard InChI is InChI=1S/C17H34N2/c1-2-12-18-17-10-8-9-16(17)11-15-19-13-6-4-3-5-7-14-19/h16-18H,2-15H2,1H3. The lowest BCUT2D eigenvalue weighted by Gasteiger charge is -2.27. The summed E-state index contributed by atoms with van der Waals surface area (Å²) in [5.41, 5.74) is 0. The number of hydrogen-bond donors (Lipinski definition) is 1. The molecule has 2 unspecified atom stereocenters. The first kappa shape index (κ1) is 15.3. The van der Waals surface area contributed by atoms with Crippen molar-refractivity contribution in [3.05, 3.63) is 0 Å². The third kappa shape index (κ3) is 5.43. The van der Waals surface area contributed by atoms with Gasteiger partial charge < -0.3 is 10.2 Å². The molecule has 0 amide bonds. The molecule has 2 atom stereocenters. The predicted octanol–water partition coefficient (Wildman–Crippen LogP) is 3.81. The maximum Gasteiger partial charge on any atom is 0.00958 e. The van der Waals surface area contributed by atoms with Crippen LogP contribution in [0.5, 0.6) is 0 Å². The quantitative estimate of drug-likeness (QED) is 0.786. The van der Waals surface area contributed by atoms with Gasteiger partial charge in [-0.1, -0.05) is 32.6 Å². The molecule has 2 aliphatic rings. The van der Waals surface area contributed by atoms with E-state index in [0.717, 1.165) is 12.0 Å². The summed E-state index contributed by atoms with van der Waals surface area (Å²) in [5, 5.41) is 3.77. The van der Waals surface area contributed by atoms with E-state index < -0.39 is 0 Å². The fraction of sp³-hybridized carbons (Fsp3) is 1.00. The van der Waals surface area contributed by atoms with Crippen LogP contribution in [0.3, 0.4) is 0 Å². The van der Waals surface area contributed by atoms with Crippen molar-refractivity contribution < 1.29 is 0 Å². The maximum atomic E-state index is 3.77. The fourth-order valence-corrected chi connectivity index (χ4v) is 3.87. The first-order valence-electron chi connectivity index (χ1n) is 8.86. The lowest BCUT2D eigenvalue weighted by atomic mass is 9.98. The van der Waals surface area contributed by atoms with Crippen LogP contribution in [0.4, 0.5) is 0 Å². The molecule has 1 aliphatic heterocycles. The average molecular weight is 266 g/mol. The molecule has 1 aliphatic carbocycles. The number of nitrogens with one attached hydrogen (secondary N) is 1. The predicted molar refractivity (Wildman–Crippen MR) is 83.6 cm³/mol. The van der Waals surface area contributed by atoms with Crippen LogP contribution in [0.15, 0.2) is 0 Å². The molecule has 1 heterocycles. The van der Waals surface area contributed by atoms with Crippen LogP contribution in [0.2, 0.25) is 0 Å². The molecule has 2 fully saturated rings. The van der Waals surface area contributed by atoms with Crippen molar-refractivity contribution in [2.75, 3.05) is 26.2 Å². The molecular weight excluding hydrogens is 232 g/mol. The Morgan fingerprint density at radius 2 is 1.68 bits per heavy atom. The van der Waals surface area contributed by atoms with Gasteiger partial charge in [0.1, 0.15) is 0 Å². The molecule has 2 nitrogen and oxygen atoms in total. The Kier molecular flexibility index (Phi) is 7.23. The largest absolute Gasteiger partial charge is 0.314 e. The second-order valence-electron chi connectivity index (χ2n) is 6.65. The Balaban J connectivity index is 1.67. The Bertz CT molecular complexity index is 221. The molecule has 0 spiro atoms. The fourth-order valence-electron chi connectivity index (χ4n) is 3.87. The van der Waals surface area contributed by atoms with E-state index in [2.05, 4.69) is 17.1 Å². The molecule has 2 heteroatoms. The highest BCUT2D eigenvalue weighted by Gasteiger charge is 2.26. The summed E-state index contributed by atoms with van der Waals surface area (Å²) in [6.07, 6.45) is 14.3. The van der Waals surface area contributed by atoms with Gasteiger partial charge in [-0.25, -0.2) is 0 Å². The van der Waals surface area contributed by atoms with Crippen LogP contribution in [0, 0.1) is 5.92 Å². The van der Waals surface area contributed by atoms with E-state index in [1.807, 2.05) is 0 Å².